The third kappa shape index (κ3) is 5.99. The Morgan fingerprint density at radius 2 is 1.84 bits per heavy atom. The van der Waals surface area contributed by atoms with Crippen molar-refractivity contribution in [1.29, 1.82) is 5.26 Å². The van der Waals surface area contributed by atoms with E-state index in [2.05, 4.69) is 11.4 Å². The predicted octanol–water partition coefficient (Wildman–Crippen LogP) is 4.61. The molecule has 0 saturated heterocycles. The van der Waals surface area contributed by atoms with Crippen LogP contribution < -0.4 is 10.2 Å². The number of nitrogens with one attached hydrogen (secondary N) is 1. The molecule has 0 aliphatic heterocycles. The van der Waals surface area contributed by atoms with Gasteiger partial charge in [-0.3, -0.25) is 4.79 Å². The van der Waals surface area contributed by atoms with Gasteiger partial charge >= 0.3 is 5.97 Å². The van der Waals surface area contributed by atoms with Crippen LogP contribution >= 0.6 is 0 Å². The maximum Gasteiger partial charge on any atom is 0.340 e. The average Bonchev–Trinajstić information content (AvgIpc) is 3.29. The standard InChI is InChI=1S/C25H25N3O4/c1-18-13-19(2)15-20(14-18)28(11-6-10-26)24(29)17-32-25(30)22-8-3-4-9-23(22)27-16-21-7-5-12-31-21/h3-5,7-9,12-15,27H,6,11,16-17H2,1-2H3. The first-order valence-corrected chi connectivity index (χ1v) is 10.3. The van der Waals surface area contributed by atoms with E-state index in [9.17, 15) is 9.59 Å². The second-order valence-corrected chi connectivity index (χ2v) is 7.35. The fraction of sp³-hybridized carbons (Fsp3) is 0.240. The Balaban J connectivity index is 1.68. The van der Waals surface area contributed by atoms with Crippen molar-refractivity contribution in [2.45, 2.75) is 26.8 Å². The molecule has 0 saturated carbocycles. The van der Waals surface area contributed by atoms with E-state index in [-0.39, 0.29) is 18.9 Å². The number of hydrogen-bond acceptors (Lipinski definition) is 6. The molecule has 0 fully saturated rings. The molecule has 0 spiro atoms. The van der Waals surface area contributed by atoms with Crippen LogP contribution in [0.3, 0.4) is 0 Å². The molecule has 1 N–H and O–H groups in total. The summed E-state index contributed by atoms with van der Waals surface area (Å²) >= 11 is 0. The number of rotatable bonds is 9. The van der Waals surface area contributed by atoms with Gasteiger partial charge in [0.25, 0.3) is 5.91 Å². The van der Waals surface area contributed by atoms with Crippen molar-refractivity contribution in [2.24, 2.45) is 0 Å². The number of carbonyl (C=O) groups is 2. The Morgan fingerprint density at radius 3 is 2.53 bits per heavy atom. The number of para-hydroxylation sites is 1. The van der Waals surface area contributed by atoms with Gasteiger partial charge in [-0.2, -0.15) is 5.26 Å². The summed E-state index contributed by atoms with van der Waals surface area (Å²) in [4.78, 5) is 27.1. The van der Waals surface area contributed by atoms with Gasteiger partial charge in [-0.15, -0.1) is 0 Å². The summed E-state index contributed by atoms with van der Waals surface area (Å²) < 4.78 is 10.6. The fourth-order valence-electron chi connectivity index (χ4n) is 3.36. The van der Waals surface area contributed by atoms with Crippen molar-refractivity contribution in [3.63, 3.8) is 0 Å². The van der Waals surface area contributed by atoms with E-state index >= 15 is 0 Å². The molecule has 32 heavy (non-hydrogen) atoms. The van der Waals surface area contributed by atoms with Crippen LogP contribution in [0.5, 0.6) is 0 Å². The van der Waals surface area contributed by atoms with E-state index in [4.69, 9.17) is 14.4 Å². The van der Waals surface area contributed by atoms with Crippen LogP contribution in [-0.2, 0) is 16.1 Å². The Bertz CT molecular complexity index is 1100. The van der Waals surface area contributed by atoms with Gasteiger partial charge in [0.05, 0.1) is 30.9 Å². The molecule has 0 radical (unpaired) electrons. The maximum atomic E-state index is 12.9. The number of nitrogens with zero attached hydrogens (tertiary/aromatic N) is 2. The van der Waals surface area contributed by atoms with Gasteiger partial charge in [-0.25, -0.2) is 4.79 Å². The molecule has 7 nitrogen and oxygen atoms in total. The van der Waals surface area contributed by atoms with Crippen LogP contribution in [0, 0.1) is 25.2 Å². The molecule has 1 amide bonds. The Labute approximate surface area is 187 Å². The minimum atomic E-state index is -0.610. The highest BCUT2D eigenvalue weighted by Crippen LogP contribution is 2.21. The van der Waals surface area contributed by atoms with Crippen molar-refractivity contribution in [2.75, 3.05) is 23.4 Å². The van der Waals surface area contributed by atoms with Gasteiger partial charge in [0, 0.05) is 17.9 Å². The number of nitriles is 1. The molecule has 1 heterocycles. The van der Waals surface area contributed by atoms with Gasteiger partial charge in [-0.1, -0.05) is 18.2 Å². The number of amides is 1. The first-order valence-electron chi connectivity index (χ1n) is 10.3. The molecule has 164 valence electrons. The minimum Gasteiger partial charge on any atom is -0.467 e. The van der Waals surface area contributed by atoms with E-state index in [1.54, 1.807) is 36.6 Å². The number of aryl methyl sites for hydroxylation is 2. The van der Waals surface area contributed by atoms with Gasteiger partial charge in [0.2, 0.25) is 0 Å². The minimum absolute atomic E-state index is 0.173. The molecular formula is C25H25N3O4. The number of carbonyl (C=O) groups excluding carboxylic acids is 2. The van der Waals surface area contributed by atoms with E-state index in [0.717, 1.165) is 16.9 Å². The fourth-order valence-corrected chi connectivity index (χ4v) is 3.36. The molecule has 0 aliphatic carbocycles. The summed E-state index contributed by atoms with van der Waals surface area (Å²) in [6.07, 6.45) is 1.75. The highest BCUT2D eigenvalue weighted by Gasteiger charge is 2.20. The molecule has 2 aromatic carbocycles. The summed E-state index contributed by atoms with van der Waals surface area (Å²) in [6, 6.07) is 18.3. The van der Waals surface area contributed by atoms with Crippen LogP contribution in [0.4, 0.5) is 11.4 Å². The highest BCUT2D eigenvalue weighted by molar-refractivity contribution is 5.99. The Morgan fingerprint density at radius 1 is 1.09 bits per heavy atom. The van der Waals surface area contributed by atoms with Crippen molar-refractivity contribution in [3.8, 4) is 6.07 Å². The molecule has 3 aromatic rings. The predicted molar refractivity (Wildman–Crippen MR) is 121 cm³/mol. The quantitative estimate of drug-likeness (QED) is 0.497. The monoisotopic (exact) mass is 431 g/mol. The Hall–Kier alpha value is -4.05. The van der Waals surface area contributed by atoms with Gasteiger partial charge in [0.1, 0.15) is 5.76 Å². The van der Waals surface area contributed by atoms with Crippen LogP contribution in [0.1, 0.15) is 33.7 Å². The molecule has 3 rings (SSSR count). The van der Waals surface area contributed by atoms with E-state index in [1.807, 2.05) is 38.1 Å². The molecule has 0 bridgehead atoms. The number of furan rings is 1. The van der Waals surface area contributed by atoms with Crippen LogP contribution in [0.15, 0.2) is 65.3 Å². The second kappa shape index (κ2) is 10.8. The number of benzene rings is 2. The van der Waals surface area contributed by atoms with E-state index in [0.29, 0.717) is 23.5 Å². The van der Waals surface area contributed by atoms with Crippen molar-refractivity contribution < 1.29 is 18.7 Å². The van der Waals surface area contributed by atoms with Gasteiger partial charge in [-0.05, 0) is 61.4 Å². The van der Waals surface area contributed by atoms with Crippen molar-refractivity contribution in [3.05, 3.63) is 83.3 Å². The molecular weight excluding hydrogens is 406 g/mol. The lowest BCUT2D eigenvalue weighted by molar-refractivity contribution is -0.121. The third-order valence-electron chi connectivity index (χ3n) is 4.77. The van der Waals surface area contributed by atoms with Crippen molar-refractivity contribution >= 4 is 23.3 Å². The summed E-state index contributed by atoms with van der Waals surface area (Å²) in [5.74, 6) is -0.272. The van der Waals surface area contributed by atoms with E-state index < -0.39 is 12.6 Å². The largest absolute Gasteiger partial charge is 0.467 e. The summed E-state index contributed by atoms with van der Waals surface area (Å²) in [6.45, 7) is 4.08. The smallest absolute Gasteiger partial charge is 0.340 e. The normalized spacial score (nSPS) is 10.3. The molecule has 0 unspecified atom stereocenters. The van der Waals surface area contributed by atoms with E-state index in [1.165, 1.54) is 4.90 Å². The SMILES string of the molecule is Cc1cc(C)cc(N(CCC#N)C(=O)COC(=O)c2ccccc2NCc2ccco2)c1. The molecule has 1 aromatic heterocycles. The number of esters is 1. The molecule has 0 aliphatic rings. The summed E-state index contributed by atoms with van der Waals surface area (Å²) in [5.41, 5.74) is 3.59. The first-order chi connectivity index (χ1) is 15.5. The first kappa shape index (κ1) is 22.6. The van der Waals surface area contributed by atoms with Crippen LogP contribution in [-0.4, -0.2) is 25.0 Å². The summed E-state index contributed by atoms with van der Waals surface area (Å²) in [5, 5.41) is 12.1. The Kier molecular flexibility index (Phi) is 7.65. The van der Waals surface area contributed by atoms with Crippen LogP contribution in [0.2, 0.25) is 0 Å². The summed E-state index contributed by atoms with van der Waals surface area (Å²) in [7, 11) is 0. The number of hydrogen-bond donors (Lipinski definition) is 1. The van der Waals surface area contributed by atoms with Crippen LogP contribution in [0.25, 0.3) is 0 Å². The van der Waals surface area contributed by atoms with Gasteiger partial charge < -0.3 is 19.4 Å². The zero-order valence-corrected chi connectivity index (χ0v) is 18.1. The second-order valence-electron chi connectivity index (χ2n) is 7.35. The average molecular weight is 431 g/mol. The molecule has 7 heteroatoms. The highest BCUT2D eigenvalue weighted by atomic mass is 16.5. The topological polar surface area (TPSA) is 95.6 Å². The number of anilines is 2. The maximum absolute atomic E-state index is 12.9. The molecule has 0 atom stereocenters. The lowest BCUT2D eigenvalue weighted by atomic mass is 10.1. The van der Waals surface area contributed by atoms with Crippen molar-refractivity contribution in [1.82, 2.24) is 0 Å². The zero-order valence-electron chi connectivity index (χ0n) is 18.1. The van der Waals surface area contributed by atoms with Gasteiger partial charge in [0.15, 0.2) is 6.61 Å². The third-order valence-corrected chi connectivity index (χ3v) is 4.77. The lowest BCUT2D eigenvalue weighted by Crippen LogP contribution is -2.35. The zero-order chi connectivity index (χ0) is 22.9. The number of ether oxygens (including phenoxy) is 1. The lowest BCUT2D eigenvalue weighted by Gasteiger charge is -2.23.